The van der Waals surface area contributed by atoms with E-state index >= 15 is 0 Å². The van der Waals surface area contributed by atoms with Crippen LogP contribution >= 0.6 is 0 Å². The van der Waals surface area contributed by atoms with E-state index in [4.69, 9.17) is 4.42 Å². The van der Waals surface area contributed by atoms with E-state index in [1.165, 1.54) is 37.4 Å². The number of carbonyl (C=O) groups excluding carboxylic acids is 2. The molecule has 11 heteroatoms. The molecule has 2 aromatic carbocycles. The minimum atomic E-state index is -4.54. The Morgan fingerprint density at radius 2 is 1.74 bits per heavy atom. The molecule has 2 aromatic heterocycles. The fourth-order valence-electron chi connectivity index (χ4n) is 4.20. The van der Waals surface area contributed by atoms with Gasteiger partial charge in [0.05, 0.1) is 10.9 Å². The lowest BCUT2D eigenvalue weighted by atomic mass is 9.99. The first-order valence-electron chi connectivity index (χ1n) is 12.2. The number of rotatable bonds is 7. The number of amides is 2. The monoisotopic (exact) mass is 540 g/mol. The highest BCUT2D eigenvalue weighted by molar-refractivity contribution is 6.11. The van der Waals surface area contributed by atoms with Crippen LogP contribution in [0, 0.1) is 5.82 Å². The van der Waals surface area contributed by atoms with Crippen LogP contribution < -0.4 is 16.0 Å². The van der Waals surface area contributed by atoms with E-state index in [9.17, 15) is 27.2 Å². The highest BCUT2D eigenvalue weighted by Gasteiger charge is 2.39. The first-order chi connectivity index (χ1) is 18.5. The minimum absolute atomic E-state index is 0.0848. The van der Waals surface area contributed by atoms with Crippen LogP contribution in [0.4, 0.5) is 23.4 Å². The molecule has 5 rings (SSSR count). The lowest BCUT2D eigenvalue weighted by Crippen LogP contribution is -2.34. The molecular weight excluding hydrogens is 516 g/mol. The van der Waals surface area contributed by atoms with Crippen molar-refractivity contribution < 1.29 is 31.6 Å². The molecule has 2 amide bonds. The molecule has 1 aliphatic carbocycles. The van der Waals surface area contributed by atoms with Crippen molar-refractivity contribution in [3.8, 4) is 22.5 Å². The first kappa shape index (κ1) is 26.2. The van der Waals surface area contributed by atoms with Gasteiger partial charge in [-0.05, 0) is 67.8 Å². The van der Waals surface area contributed by atoms with Gasteiger partial charge in [-0.3, -0.25) is 9.59 Å². The largest absolute Gasteiger partial charge is 0.437 e. The fourth-order valence-corrected chi connectivity index (χ4v) is 4.20. The summed E-state index contributed by atoms with van der Waals surface area (Å²) in [7, 11) is 1.42. The molecule has 202 valence electrons. The highest BCUT2D eigenvalue weighted by Crippen LogP contribution is 2.39. The number of alkyl halides is 3. The number of nitrogens with zero attached hydrogens (tertiary/aromatic N) is 1. The van der Waals surface area contributed by atoms with Gasteiger partial charge in [-0.1, -0.05) is 12.1 Å². The van der Waals surface area contributed by atoms with Crippen LogP contribution in [0.5, 0.6) is 0 Å². The third kappa shape index (κ3) is 5.57. The fraction of sp³-hybridized carbons (Fsp3) is 0.250. The van der Waals surface area contributed by atoms with Crippen molar-refractivity contribution in [3.05, 3.63) is 71.5 Å². The van der Waals surface area contributed by atoms with Crippen LogP contribution in [0.25, 0.3) is 33.6 Å². The van der Waals surface area contributed by atoms with E-state index in [0.29, 0.717) is 16.7 Å². The zero-order valence-corrected chi connectivity index (χ0v) is 21.0. The van der Waals surface area contributed by atoms with Crippen molar-refractivity contribution in [1.82, 2.24) is 15.6 Å². The van der Waals surface area contributed by atoms with Gasteiger partial charge < -0.3 is 20.4 Å². The predicted molar refractivity (Wildman–Crippen MR) is 138 cm³/mol. The van der Waals surface area contributed by atoms with E-state index in [1.807, 2.05) is 6.92 Å². The molecule has 0 atom stereocenters. The number of hydrogen-bond donors (Lipinski definition) is 3. The van der Waals surface area contributed by atoms with Gasteiger partial charge in [-0.25, -0.2) is 4.39 Å². The Labute approximate surface area is 220 Å². The summed E-state index contributed by atoms with van der Waals surface area (Å²) >= 11 is 0. The van der Waals surface area contributed by atoms with Gasteiger partial charge in [0.25, 0.3) is 11.8 Å². The maximum atomic E-state index is 13.5. The summed E-state index contributed by atoms with van der Waals surface area (Å²) in [5.74, 6) is -1.38. The summed E-state index contributed by atoms with van der Waals surface area (Å²) in [4.78, 5) is 30.1. The molecule has 0 radical (unpaired) electrons. The molecule has 1 saturated carbocycles. The van der Waals surface area contributed by atoms with E-state index < -0.39 is 24.4 Å². The quantitative estimate of drug-likeness (QED) is 0.253. The lowest BCUT2D eigenvalue weighted by molar-refractivity contribution is -0.115. The second-order valence-corrected chi connectivity index (χ2v) is 9.69. The summed E-state index contributed by atoms with van der Waals surface area (Å²) < 4.78 is 58.8. The Morgan fingerprint density at radius 1 is 1.03 bits per heavy atom. The standard InChI is InChI=1S/C28H24F4N4O3/c1-27(10-11-27)36-24(37)17-5-3-4-16(12-17)19-13-20-21(25(38)33-2)22(15-6-8-18(29)9-7-15)39-26(20)35-23(19)34-14-28(30,31)32/h3-9,12-13H,10-11,14H2,1-2H3,(H,33,38)(H,34,35)(H,36,37). The average Bonchev–Trinajstić information content (AvgIpc) is 3.51. The summed E-state index contributed by atoms with van der Waals surface area (Å²) in [6.07, 6.45) is -2.81. The molecule has 0 aliphatic heterocycles. The second-order valence-electron chi connectivity index (χ2n) is 9.69. The SMILES string of the molecule is CNC(=O)c1c(-c2ccc(F)cc2)oc2nc(NCC(F)(F)F)c(-c3cccc(C(=O)NC4(C)CC4)c3)cc12. The van der Waals surface area contributed by atoms with Gasteiger partial charge >= 0.3 is 6.18 Å². The van der Waals surface area contributed by atoms with Crippen LogP contribution in [0.15, 0.2) is 59.0 Å². The summed E-state index contributed by atoms with van der Waals surface area (Å²) in [6, 6.07) is 13.2. The Morgan fingerprint density at radius 3 is 2.38 bits per heavy atom. The number of nitrogens with one attached hydrogen (secondary N) is 3. The molecule has 7 nitrogen and oxygen atoms in total. The van der Waals surface area contributed by atoms with Crippen molar-refractivity contribution in [2.24, 2.45) is 0 Å². The van der Waals surface area contributed by atoms with Crippen LogP contribution in [0.1, 0.15) is 40.5 Å². The van der Waals surface area contributed by atoms with Crippen molar-refractivity contribution in [1.29, 1.82) is 0 Å². The number of aromatic nitrogens is 1. The smallest absolute Gasteiger partial charge is 0.405 e. The Bertz CT molecular complexity index is 1570. The molecule has 1 aliphatic rings. The number of halogens is 4. The Balaban J connectivity index is 1.67. The van der Waals surface area contributed by atoms with E-state index in [2.05, 4.69) is 20.9 Å². The predicted octanol–water partition coefficient (Wildman–Crippen LogP) is 5.92. The van der Waals surface area contributed by atoms with Gasteiger partial charge in [0.15, 0.2) is 0 Å². The maximum absolute atomic E-state index is 13.5. The molecule has 1 fully saturated rings. The zero-order valence-electron chi connectivity index (χ0n) is 21.0. The molecule has 4 aromatic rings. The lowest BCUT2D eigenvalue weighted by Gasteiger charge is -2.15. The third-order valence-corrected chi connectivity index (χ3v) is 6.55. The van der Waals surface area contributed by atoms with Crippen LogP contribution in [-0.4, -0.2) is 42.1 Å². The van der Waals surface area contributed by atoms with Gasteiger partial charge in [0.1, 0.15) is 23.9 Å². The molecule has 0 saturated heterocycles. The number of hydrogen-bond acceptors (Lipinski definition) is 5. The Kier molecular flexibility index (Phi) is 6.53. The number of benzene rings is 2. The molecule has 3 N–H and O–H groups in total. The average molecular weight is 541 g/mol. The van der Waals surface area contributed by atoms with Crippen molar-refractivity contribution in [2.75, 3.05) is 18.9 Å². The highest BCUT2D eigenvalue weighted by atomic mass is 19.4. The minimum Gasteiger partial charge on any atom is -0.437 e. The Hall–Kier alpha value is -4.41. The normalized spacial score (nSPS) is 14.2. The van der Waals surface area contributed by atoms with Crippen LogP contribution in [0.2, 0.25) is 0 Å². The molecule has 2 heterocycles. The van der Waals surface area contributed by atoms with E-state index in [0.717, 1.165) is 12.8 Å². The van der Waals surface area contributed by atoms with Gasteiger partial charge in [0.2, 0.25) is 5.71 Å². The zero-order chi connectivity index (χ0) is 27.9. The summed E-state index contributed by atoms with van der Waals surface area (Å²) in [6.45, 7) is 0.564. The van der Waals surface area contributed by atoms with Crippen LogP contribution in [0.3, 0.4) is 0 Å². The number of pyridine rings is 1. The van der Waals surface area contributed by atoms with Crippen LogP contribution in [-0.2, 0) is 0 Å². The second kappa shape index (κ2) is 9.72. The molecule has 0 spiro atoms. The number of carbonyl (C=O) groups is 2. The van der Waals surface area contributed by atoms with Crippen molar-refractivity contribution in [2.45, 2.75) is 31.5 Å². The third-order valence-electron chi connectivity index (χ3n) is 6.55. The molecule has 39 heavy (non-hydrogen) atoms. The van der Waals surface area contributed by atoms with Crippen molar-refractivity contribution >= 4 is 28.7 Å². The van der Waals surface area contributed by atoms with E-state index in [1.54, 1.807) is 24.3 Å². The van der Waals surface area contributed by atoms with Crippen molar-refractivity contribution in [3.63, 3.8) is 0 Å². The number of fused-ring (bicyclic) bond motifs is 1. The van der Waals surface area contributed by atoms with Gasteiger partial charge in [-0.15, -0.1) is 0 Å². The number of anilines is 1. The van der Waals surface area contributed by atoms with Gasteiger partial charge in [-0.2, -0.15) is 18.2 Å². The molecule has 0 unspecified atom stereocenters. The van der Waals surface area contributed by atoms with Gasteiger partial charge in [0, 0.05) is 29.3 Å². The summed E-state index contributed by atoms with van der Waals surface area (Å²) in [5, 5.41) is 8.04. The molecule has 0 bridgehead atoms. The maximum Gasteiger partial charge on any atom is 0.405 e. The number of furan rings is 1. The topological polar surface area (TPSA) is 96.3 Å². The first-order valence-corrected chi connectivity index (χ1v) is 12.2. The van der Waals surface area contributed by atoms with E-state index in [-0.39, 0.29) is 45.3 Å². The summed E-state index contributed by atoms with van der Waals surface area (Å²) in [5.41, 5.74) is 1.09. The molecular formula is C28H24F4N4O3.